The predicted molar refractivity (Wildman–Crippen MR) is 131 cm³/mol. The van der Waals surface area contributed by atoms with E-state index in [0.29, 0.717) is 28.0 Å². The molecule has 0 aliphatic heterocycles. The Morgan fingerprint density at radius 3 is 2.49 bits per heavy atom. The van der Waals surface area contributed by atoms with Gasteiger partial charge in [-0.1, -0.05) is 18.2 Å². The summed E-state index contributed by atoms with van der Waals surface area (Å²) in [6, 6.07) is 18.4. The summed E-state index contributed by atoms with van der Waals surface area (Å²) in [6.07, 6.45) is 1.46. The van der Waals surface area contributed by atoms with Crippen LogP contribution in [-0.4, -0.2) is 36.1 Å². The van der Waals surface area contributed by atoms with Gasteiger partial charge in [0.25, 0.3) is 11.5 Å². The number of anilines is 2. The summed E-state index contributed by atoms with van der Waals surface area (Å²) < 4.78 is 2.94. The highest BCUT2D eigenvalue weighted by molar-refractivity contribution is 6.05. The van der Waals surface area contributed by atoms with Crippen LogP contribution in [0.25, 0.3) is 16.7 Å². The number of phenolic OH excluding ortho intramolecular Hbond substituents is 1. The Hall–Kier alpha value is -4.99. The fourth-order valence-corrected chi connectivity index (χ4v) is 3.83. The Kier molecular flexibility index (Phi) is 5.46. The van der Waals surface area contributed by atoms with E-state index in [1.54, 1.807) is 52.9 Å². The number of aryl methyl sites for hydroxylation is 1. The van der Waals surface area contributed by atoms with E-state index in [2.05, 4.69) is 20.8 Å². The molecule has 5 rings (SSSR count). The summed E-state index contributed by atoms with van der Waals surface area (Å²) >= 11 is 0. The number of para-hydroxylation sites is 2. The van der Waals surface area contributed by atoms with E-state index in [9.17, 15) is 19.5 Å². The zero-order valence-corrected chi connectivity index (χ0v) is 18.6. The number of phenols is 1. The topological polar surface area (TPSA) is 131 Å². The van der Waals surface area contributed by atoms with Gasteiger partial charge in [0.2, 0.25) is 11.6 Å². The lowest BCUT2D eigenvalue weighted by Crippen LogP contribution is -2.29. The van der Waals surface area contributed by atoms with Gasteiger partial charge in [-0.2, -0.15) is 0 Å². The maximum Gasteiger partial charge on any atom is 0.297 e. The Morgan fingerprint density at radius 2 is 1.71 bits per heavy atom. The van der Waals surface area contributed by atoms with Crippen LogP contribution < -0.4 is 16.2 Å². The zero-order valence-electron chi connectivity index (χ0n) is 18.6. The number of fused-ring (bicyclic) bond motifs is 3. The molecule has 0 atom stereocenters. The van der Waals surface area contributed by atoms with E-state index in [0.717, 1.165) is 5.56 Å². The number of rotatable bonds is 5. The van der Waals surface area contributed by atoms with Gasteiger partial charge in [0.05, 0.1) is 16.7 Å². The van der Waals surface area contributed by atoms with Gasteiger partial charge in [-0.15, -0.1) is 10.2 Å². The van der Waals surface area contributed by atoms with Crippen molar-refractivity contribution in [2.24, 2.45) is 0 Å². The molecule has 0 unspecified atom stereocenters. The molecule has 174 valence electrons. The van der Waals surface area contributed by atoms with Crippen molar-refractivity contribution in [1.82, 2.24) is 19.2 Å². The molecule has 0 saturated heterocycles. The lowest BCUT2D eigenvalue weighted by molar-refractivity contribution is -0.116. The third-order valence-electron chi connectivity index (χ3n) is 5.55. The number of aromatic hydroxyl groups is 1. The molecule has 3 N–H and O–H groups in total. The minimum absolute atomic E-state index is 0.0279. The van der Waals surface area contributed by atoms with Gasteiger partial charge >= 0.3 is 0 Å². The maximum absolute atomic E-state index is 12.9. The van der Waals surface area contributed by atoms with Gasteiger partial charge in [0, 0.05) is 11.3 Å². The van der Waals surface area contributed by atoms with Crippen LogP contribution in [-0.2, 0) is 11.3 Å². The lowest BCUT2D eigenvalue weighted by Gasteiger charge is -2.12. The molecule has 3 aromatic carbocycles. The van der Waals surface area contributed by atoms with Crippen LogP contribution in [0.15, 0.2) is 77.9 Å². The lowest BCUT2D eigenvalue weighted by atomic mass is 10.1. The molecule has 2 aromatic heterocycles. The minimum atomic E-state index is -0.428. The van der Waals surface area contributed by atoms with Crippen molar-refractivity contribution in [3.8, 4) is 5.75 Å². The highest BCUT2D eigenvalue weighted by atomic mass is 16.3. The molecule has 0 aliphatic rings. The number of nitrogens with one attached hydrogen (secondary N) is 2. The number of carbonyl (C=O) groups is 2. The quantitative estimate of drug-likeness (QED) is 0.340. The van der Waals surface area contributed by atoms with Crippen molar-refractivity contribution >= 4 is 39.9 Å². The Balaban J connectivity index is 1.32. The third kappa shape index (κ3) is 4.20. The largest absolute Gasteiger partial charge is 0.506 e. The molecule has 10 heteroatoms. The first-order valence-electron chi connectivity index (χ1n) is 10.7. The summed E-state index contributed by atoms with van der Waals surface area (Å²) in [5.41, 5.74) is 3.01. The number of aromatic nitrogens is 4. The van der Waals surface area contributed by atoms with E-state index in [4.69, 9.17) is 0 Å². The molecule has 35 heavy (non-hydrogen) atoms. The first-order chi connectivity index (χ1) is 16.9. The smallest absolute Gasteiger partial charge is 0.297 e. The number of nitrogens with zero attached hydrogens (tertiary/aromatic N) is 4. The first-order valence-corrected chi connectivity index (χ1v) is 10.7. The summed E-state index contributed by atoms with van der Waals surface area (Å²) in [5, 5.41) is 23.0. The SMILES string of the molecule is Cc1ccc(O)c(NC(=O)c2ccc(NC(=O)Cn3c(=O)c4nncn4c4ccccc43)cc2)c1. The molecule has 10 nitrogen and oxygen atoms in total. The van der Waals surface area contributed by atoms with Crippen LogP contribution in [0.4, 0.5) is 11.4 Å². The van der Waals surface area contributed by atoms with Gasteiger partial charge in [-0.3, -0.25) is 23.4 Å². The molecule has 2 amide bonds. The summed E-state index contributed by atoms with van der Waals surface area (Å²) in [5.74, 6) is -0.841. The van der Waals surface area contributed by atoms with Gasteiger partial charge in [0.1, 0.15) is 18.6 Å². The fourth-order valence-electron chi connectivity index (χ4n) is 3.83. The first kappa shape index (κ1) is 21.8. The van der Waals surface area contributed by atoms with Gasteiger partial charge in [-0.05, 0) is 61.0 Å². The Bertz CT molecular complexity index is 1650. The monoisotopic (exact) mass is 468 g/mol. The van der Waals surface area contributed by atoms with E-state index < -0.39 is 17.4 Å². The normalized spacial score (nSPS) is 11.0. The van der Waals surface area contributed by atoms with Crippen LogP contribution >= 0.6 is 0 Å². The molecule has 2 heterocycles. The van der Waals surface area contributed by atoms with Crippen molar-refractivity contribution in [3.05, 3.63) is 94.5 Å². The van der Waals surface area contributed by atoms with E-state index in [1.165, 1.54) is 17.0 Å². The number of amides is 2. The van der Waals surface area contributed by atoms with Gasteiger partial charge in [0.15, 0.2) is 0 Å². The second kappa shape index (κ2) is 8.75. The predicted octanol–water partition coefficient (Wildman–Crippen LogP) is 2.95. The minimum Gasteiger partial charge on any atom is -0.506 e. The van der Waals surface area contributed by atoms with Crippen LogP contribution in [0.5, 0.6) is 5.75 Å². The van der Waals surface area contributed by atoms with Crippen LogP contribution in [0.1, 0.15) is 15.9 Å². The number of benzene rings is 3. The van der Waals surface area contributed by atoms with Gasteiger partial charge < -0.3 is 15.7 Å². The highest BCUT2D eigenvalue weighted by Crippen LogP contribution is 2.24. The van der Waals surface area contributed by atoms with Crippen molar-refractivity contribution in [2.45, 2.75) is 13.5 Å². The standard InChI is InChI=1S/C25H20N6O4/c1-15-6-11-21(32)18(12-15)28-24(34)16-7-9-17(10-8-16)27-22(33)13-30-19-4-2-3-5-20(19)31-14-26-29-23(31)25(30)35/h2-12,14,32H,13H2,1H3,(H,27,33)(H,28,34). The molecular weight excluding hydrogens is 448 g/mol. The third-order valence-corrected chi connectivity index (χ3v) is 5.55. The number of carbonyl (C=O) groups excluding carboxylic acids is 2. The number of hydrogen-bond donors (Lipinski definition) is 3. The number of hydrogen-bond acceptors (Lipinski definition) is 6. The van der Waals surface area contributed by atoms with E-state index in [1.807, 2.05) is 19.1 Å². The average Bonchev–Trinajstić information content (AvgIpc) is 3.35. The van der Waals surface area contributed by atoms with Crippen molar-refractivity contribution in [3.63, 3.8) is 0 Å². The molecule has 0 radical (unpaired) electrons. The van der Waals surface area contributed by atoms with Crippen molar-refractivity contribution in [2.75, 3.05) is 10.6 Å². The summed E-state index contributed by atoms with van der Waals surface area (Å²) in [4.78, 5) is 38.2. The molecule has 0 saturated carbocycles. The Morgan fingerprint density at radius 1 is 0.971 bits per heavy atom. The summed E-state index contributed by atoms with van der Waals surface area (Å²) in [7, 11) is 0. The molecule has 0 fully saturated rings. The van der Waals surface area contributed by atoms with Crippen LogP contribution in [0, 0.1) is 6.92 Å². The molecule has 0 aliphatic carbocycles. The maximum atomic E-state index is 12.9. The molecule has 5 aromatic rings. The second-order valence-electron chi connectivity index (χ2n) is 8.00. The molecule has 0 bridgehead atoms. The Labute approximate surface area is 198 Å². The van der Waals surface area contributed by atoms with Crippen molar-refractivity contribution in [1.29, 1.82) is 0 Å². The molecule has 0 spiro atoms. The van der Waals surface area contributed by atoms with Crippen LogP contribution in [0.3, 0.4) is 0 Å². The summed E-state index contributed by atoms with van der Waals surface area (Å²) in [6.45, 7) is 1.63. The van der Waals surface area contributed by atoms with Gasteiger partial charge in [-0.25, -0.2) is 0 Å². The highest BCUT2D eigenvalue weighted by Gasteiger charge is 2.15. The second-order valence-corrected chi connectivity index (χ2v) is 8.00. The molecular formula is C25H20N6O4. The average molecular weight is 468 g/mol. The zero-order chi connectivity index (χ0) is 24.5. The van der Waals surface area contributed by atoms with E-state index in [-0.39, 0.29) is 17.9 Å². The van der Waals surface area contributed by atoms with Crippen molar-refractivity contribution < 1.29 is 14.7 Å². The van der Waals surface area contributed by atoms with Crippen LogP contribution in [0.2, 0.25) is 0 Å². The fraction of sp³-hybridized carbons (Fsp3) is 0.0800. The van der Waals surface area contributed by atoms with E-state index >= 15 is 0 Å².